The Kier molecular flexibility index (Phi) is 7.40. The molecule has 0 radical (unpaired) electrons. The largest absolute Gasteiger partial charge is 0.327 e. The Morgan fingerprint density at radius 3 is 1.88 bits per heavy atom. The highest BCUT2D eigenvalue weighted by Gasteiger charge is 1.92. The molecule has 0 unspecified atom stereocenters. The summed E-state index contributed by atoms with van der Waals surface area (Å²) in [7, 11) is 4.03. The molecule has 0 aliphatic heterocycles. The van der Waals surface area contributed by atoms with E-state index in [-0.39, 0.29) is 12.4 Å². The fourth-order valence-electron chi connectivity index (χ4n) is 0.576. The van der Waals surface area contributed by atoms with Crippen LogP contribution < -0.4 is 5.73 Å². The minimum absolute atomic E-state index is 0. The Morgan fingerprint density at radius 1 is 1.50 bits per heavy atom. The number of likely N-dealkylation sites (N-methyl/N-ethyl adjacent to an activating group) is 1. The summed E-state index contributed by atoms with van der Waals surface area (Å²) >= 11 is 0. The Morgan fingerprint density at radius 2 is 1.88 bits per heavy atom. The molecule has 2 N–H and O–H groups in total. The van der Waals surface area contributed by atoms with Crippen LogP contribution in [-0.2, 0) is 0 Å². The predicted octanol–water partition coefficient (Wildman–Crippen LogP) is 0.317. The lowest BCUT2D eigenvalue weighted by molar-refractivity contribution is 0.383. The molecule has 0 amide bonds. The molecule has 0 saturated carbocycles. The molecule has 0 aromatic heterocycles. The van der Waals surface area contributed by atoms with Crippen LogP contribution in [-0.4, -0.2) is 31.6 Å². The van der Waals surface area contributed by atoms with Gasteiger partial charge in [-0.25, -0.2) is 0 Å². The molecule has 52 valence electrons. The second-order valence-electron chi connectivity index (χ2n) is 2.24. The van der Waals surface area contributed by atoms with Gasteiger partial charge in [0.2, 0.25) is 0 Å². The van der Waals surface area contributed by atoms with Crippen molar-refractivity contribution in [3.05, 3.63) is 0 Å². The van der Waals surface area contributed by atoms with Crippen molar-refractivity contribution < 1.29 is 0 Å². The van der Waals surface area contributed by atoms with Gasteiger partial charge in [-0.15, -0.1) is 12.4 Å². The van der Waals surface area contributed by atoms with Crippen LogP contribution >= 0.6 is 12.4 Å². The van der Waals surface area contributed by atoms with Gasteiger partial charge in [0.05, 0.1) is 0 Å². The molecular formula is C5H15ClN2. The van der Waals surface area contributed by atoms with E-state index in [2.05, 4.69) is 4.90 Å². The SMILES string of the molecule is C[C@H](N)CN(C)C.Cl. The van der Waals surface area contributed by atoms with Crippen LogP contribution in [0.4, 0.5) is 0 Å². The monoisotopic (exact) mass is 138 g/mol. The second kappa shape index (κ2) is 5.35. The van der Waals surface area contributed by atoms with Crippen molar-refractivity contribution in [2.24, 2.45) is 5.73 Å². The van der Waals surface area contributed by atoms with Crippen molar-refractivity contribution in [2.75, 3.05) is 20.6 Å². The number of nitrogens with two attached hydrogens (primary N) is 1. The molecular weight excluding hydrogens is 124 g/mol. The van der Waals surface area contributed by atoms with Crippen molar-refractivity contribution in [1.82, 2.24) is 4.90 Å². The maximum absolute atomic E-state index is 5.45. The molecule has 2 nitrogen and oxygen atoms in total. The number of halogens is 1. The van der Waals surface area contributed by atoms with Crippen LogP contribution in [0.1, 0.15) is 6.92 Å². The van der Waals surface area contributed by atoms with Crippen LogP contribution in [0, 0.1) is 0 Å². The maximum atomic E-state index is 5.45. The van der Waals surface area contributed by atoms with Crippen LogP contribution in [0.5, 0.6) is 0 Å². The van der Waals surface area contributed by atoms with Crippen LogP contribution in [0.3, 0.4) is 0 Å². The average molecular weight is 139 g/mol. The van der Waals surface area contributed by atoms with E-state index in [0.29, 0.717) is 6.04 Å². The molecule has 0 aromatic carbocycles. The van der Waals surface area contributed by atoms with E-state index in [9.17, 15) is 0 Å². The topological polar surface area (TPSA) is 29.3 Å². The summed E-state index contributed by atoms with van der Waals surface area (Å²) in [6.45, 7) is 2.97. The normalized spacial score (nSPS) is 13.1. The van der Waals surface area contributed by atoms with Gasteiger partial charge in [-0.3, -0.25) is 0 Å². The number of hydrogen-bond acceptors (Lipinski definition) is 2. The summed E-state index contributed by atoms with van der Waals surface area (Å²) < 4.78 is 0. The Labute approximate surface area is 57.5 Å². The van der Waals surface area contributed by atoms with Crippen LogP contribution in [0.15, 0.2) is 0 Å². The number of nitrogens with zero attached hydrogens (tertiary/aromatic N) is 1. The van der Waals surface area contributed by atoms with E-state index in [1.165, 1.54) is 0 Å². The molecule has 0 aliphatic carbocycles. The van der Waals surface area contributed by atoms with Gasteiger partial charge in [0.15, 0.2) is 0 Å². The van der Waals surface area contributed by atoms with Crippen molar-refractivity contribution in [1.29, 1.82) is 0 Å². The van der Waals surface area contributed by atoms with E-state index in [0.717, 1.165) is 6.54 Å². The lowest BCUT2D eigenvalue weighted by Crippen LogP contribution is -2.29. The van der Waals surface area contributed by atoms with Gasteiger partial charge in [-0.05, 0) is 21.0 Å². The molecule has 0 bridgehead atoms. The third-order valence-corrected chi connectivity index (χ3v) is 0.653. The smallest absolute Gasteiger partial charge is 0.0138 e. The van der Waals surface area contributed by atoms with Gasteiger partial charge in [-0.1, -0.05) is 0 Å². The third-order valence-electron chi connectivity index (χ3n) is 0.653. The van der Waals surface area contributed by atoms with Gasteiger partial charge < -0.3 is 10.6 Å². The first-order chi connectivity index (χ1) is 3.13. The van der Waals surface area contributed by atoms with E-state index in [4.69, 9.17) is 5.73 Å². The van der Waals surface area contributed by atoms with Gasteiger partial charge >= 0.3 is 0 Å². The standard InChI is InChI=1S/C5H14N2.ClH/c1-5(6)4-7(2)3;/h5H,4,6H2,1-3H3;1H/t5-;/m0./s1. The minimum Gasteiger partial charge on any atom is -0.327 e. The summed E-state index contributed by atoms with van der Waals surface area (Å²) in [6, 6.07) is 0.301. The third kappa shape index (κ3) is 9.51. The first-order valence-electron chi connectivity index (χ1n) is 2.53. The molecule has 0 rings (SSSR count). The Balaban J connectivity index is 0. The van der Waals surface area contributed by atoms with Gasteiger partial charge in [-0.2, -0.15) is 0 Å². The molecule has 0 aromatic rings. The zero-order valence-corrected chi connectivity index (χ0v) is 6.53. The highest BCUT2D eigenvalue weighted by molar-refractivity contribution is 5.85. The van der Waals surface area contributed by atoms with Gasteiger partial charge in [0.1, 0.15) is 0 Å². The van der Waals surface area contributed by atoms with E-state index >= 15 is 0 Å². The molecule has 0 fully saturated rings. The number of rotatable bonds is 2. The summed E-state index contributed by atoms with van der Waals surface area (Å²) in [5.41, 5.74) is 5.45. The molecule has 0 heterocycles. The summed E-state index contributed by atoms with van der Waals surface area (Å²) in [6.07, 6.45) is 0. The lowest BCUT2D eigenvalue weighted by atomic mass is 10.3. The molecule has 8 heavy (non-hydrogen) atoms. The predicted molar refractivity (Wildman–Crippen MR) is 39.5 cm³/mol. The van der Waals surface area contributed by atoms with Crippen LogP contribution in [0.25, 0.3) is 0 Å². The Hall–Kier alpha value is 0.210. The first kappa shape index (κ1) is 11.1. The van der Waals surface area contributed by atoms with Crippen molar-refractivity contribution in [3.63, 3.8) is 0 Å². The quantitative estimate of drug-likeness (QED) is 0.596. The maximum Gasteiger partial charge on any atom is 0.0138 e. The highest BCUT2D eigenvalue weighted by Crippen LogP contribution is 1.76. The van der Waals surface area contributed by atoms with E-state index in [1.807, 2.05) is 21.0 Å². The number of hydrogen-bond donors (Lipinski definition) is 1. The summed E-state index contributed by atoms with van der Waals surface area (Å²) in [5, 5.41) is 0. The molecule has 0 aliphatic rings. The van der Waals surface area contributed by atoms with Gasteiger partial charge in [0.25, 0.3) is 0 Å². The summed E-state index contributed by atoms with van der Waals surface area (Å²) in [5.74, 6) is 0. The average Bonchev–Trinajstić information content (AvgIpc) is 1.27. The lowest BCUT2D eigenvalue weighted by Gasteiger charge is -2.11. The Bertz CT molecular complexity index is 39.7. The van der Waals surface area contributed by atoms with E-state index in [1.54, 1.807) is 0 Å². The van der Waals surface area contributed by atoms with Gasteiger partial charge in [0, 0.05) is 12.6 Å². The van der Waals surface area contributed by atoms with Crippen molar-refractivity contribution in [3.8, 4) is 0 Å². The zero-order valence-electron chi connectivity index (χ0n) is 5.72. The second-order valence-corrected chi connectivity index (χ2v) is 2.24. The zero-order chi connectivity index (χ0) is 5.86. The highest BCUT2D eigenvalue weighted by atomic mass is 35.5. The minimum atomic E-state index is 0. The fraction of sp³-hybridized carbons (Fsp3) is 1.00. The molecule has 0 spiro atoms. The van der Waals surface area contributed by atoms with E-state index < -0.39 is 0 Å². The molecule has 0 saturated heterocycles. The fourth-order valence-corrected chi connectivity index (χ4v) is 0.576. The van der Waals surface area contributed by atoms with Crippen molar-refractivity contribution in [2.45, 2.75) is 13.0 Å². The molecule has 1 atom stereocenters. The van der Waals surface area contributed by atoms with Crippen molar-refractivity contribution >= 4 is 12.4 Å². The summed E-state index contributed by atoms with van der Waals surface area (Å²) in [4.78, 5) is 2.07. The molecule has 3 heteroatoms. The van der Waals surface area contributed by atoms with Crippen LogP contribution in [0.2, 0.25) is 0 Å². The first-order valence-corrected chi connectivity index (χ1v) is 2.53.